The fraction of sp³-hybridized carbons (Fsp3) is 0.737. The third-order valence-corrected chi connectivity index (χ3v) is 6.38. The van der Waals surface area contributed by atoms with Crippen molar-refractivity contribution in [2.75, 3.05) is 19.6 Å². The minimum atomic E-state index is 0.0829. The van der Waals surface area contributed by atoms with Gasteiger partial charge < -0.3 is 10.6 Å². The second-order valence-electron chi connectivity index (χ2n) is 7.91. The number of hydrogen-bond acceptors (Lipinski definition) is 3. The molecule has 0 bridgehead atoms. The Hall–Kier alpha value is -1.07. The van der Waals surface area contributed by atoms with E-state index in [4.69, 9.17) is 4.99 Å². The van der Waals surface area contributed by atoms with Crippen LogP contribution in [0.2, 0.25) is 0 Å². The number of nitrogens with zero attached hydrogens (tertiary/aromatic N) is 2. The number of nitrogens with one attached hydrogen (secondary N) is 2. The van der Waals surface area contributed by atoms with E-state index < -0.39 is 0 Å². The van der Waals surface area contributed by atoms with E-state index in [1.807, 2.05) is 11.3 Å². The van der Waals surface area contributed by atoms with E-state index in [0.717, 1.165) is 31.6 Å². The molecule has 24 heavy (non-hydrogen) atoms. The van der Waals surface area contributed by atoms with E-state index in [2.05, 4.69) is 60.7 Å². The van der Waals surface area contributed by atoms with Crippen LogP contribution in [-0.2, 0) is 5.41 Å². The van der Waals surface area contributed by atoms with Crippen LogP contribution in [0.3, 0.4) is 0 Å². The molecule has 1 aromatic heterocycles. The van der Waals surface area contributed by atoms with Gasteiger partial charge in [0.2, 0.25) is 0 Å². The zero-order chi connectivity index (χ0) is 17.2. The average Bonchev–Trinajstić information content (AvgIpc) is 3.07. The van der Waals surface area contributed by atoms with Gasteiger partial charge in [-0.05, 0) is 44.6 Å². The SMILES string of the molecule is CCNC(=NCC(C)(C)c1cccs1)NC1CC(C)N(C2CC2)C1. The number of aliphatic imine (C=N–C) groups is 1. The molecular formula is C19H32N4S. The van der Waals surface area contributed by atoms with Crippen molar-refractivity contribution in [2.24, 2.45) is 4.99 Å². The molecule has 1 saturated heterocycles. The highest BCUT2D eigenvalue weighted by atomic mass is 32.1. The monoisotopic (exact) mass is 348 g/mol. The molecule has 2 fully saturated rings. The summed E-state index contributed by atoms with van der Waals surface area (Å²) in [6.45, 7) is 11.9. The van der Waals surface area contributed by atoms with Crippen LogP contribution in [0.4, 0.5) is 0 Å². The standard InChI is InChI=1S/C19H32N4S/c1-5-20-18(21-13-19(3,4)17-7-6-10-24-17)22-15-11-14(2)23(12-15)16-8-9-16/h6-7,10,14-16H,5,8-9,11-13H2,1-4H3,(H2,20,21,22). The lowest BCUT2D eigenvalue weighted by atomic mass is 9.92. The summed E-state index contributed by atoms with van der Waals surface area (Å²) in [6, 6.07) is 6.40. The summed E-state index contributed by atoms with van der Waals surface area (Å²) in [5, 5.41) is 9.25. The Morgan fingerprint density at radius 1 is 1.42 bits per heavy atom. The highest BCUT2D eigenvalue weighted by Crippen LogP contribution is 2.33. The highest BCUT2D eigenvalue weighted by molar-refractivity contribution is 7.10. The van der Waals surface area contributed by atoms with Gasteiger partial charge in [-0.1, -0.05) is 19.9 Å². The number of hydrogen-bond donors (Lipinski definition) is 2. The van der Waals surface area contributed by atoms with Crippen LogP contribution in [0.1, 0.15) is 51.8 Å². The Balaban J connectivity index is 1.59. The first kappa shape index (κ1) is 17.7. The van der Waals surface area contributed by atoms with Crippen LogP contribution in [0.25, 0.3) is 0 Å². The molecule has 5 heteroatoms. The lowest BCUT2D eigenvalue weighted by Crippen LogP contribution is -2.45. The second kappa shape index (κ2) is 7.44. The van der Waals surface area contributed by atoms with Gasteiger partial charge in [-0.3, -0.25) is 9.89 Å². The van der Waals surface area contributed by atoms with Crippen LogP contribution in [0.5, 0.6) is 0 Å². The zero-order valence-corrected chi connectivity index (χ0v) is 16.3. The zero-order valence-electron chi connectivity index (χ0n) is 15.5. The molecule has 2 unspecified atom stereocenters. The molecule has 2 N–H and O–H groups in total. The summed E-state index contributed by atoms with van der Waals surface area (Å²) in [5.74, 6) is 0.969. The average molecular weight is 349 g/mol. The highest BCUT2D eigenvalue weighted by Gasteiger charge is 2.38. The van der Waals surface area contributed by atoms with E-state index in [9.17, 15) is 0 Å². The largest absolute Gasteiger partial charge is 0.357 e. The van der Waals surface area contributed by atoms with Gasteiger partial charge in [-0.25, -0.2) is 0 Å². The molecule has 0 amide bonds. The first-order chi connectivity index (χ1) is 11.5. The maximum atomic E-state index is 4.90. The van der Waals surface area contributed by atoms with Gasteiger partial charge in [0.1, 0.15) is 0 Å². The minimum absolute atomic E-state index is 0.0829. The van der Waals surface area contributed by atoms with Gasteiger partial charge in [0, 0.05) is 41.5 Å². The molecule has 4 nitrogen and oxygen atoms in total. The molecule has 134 valence electrons. The number of guanidine groups is 1. The molecule has 3 rings (SSSR count). The van der Waals surface area contributed by atoms with E-state index in [1.165, 1.54) is 24.1 Å². The maximum Gasteiger partial charge on any atom is 0.191 e. The number of likely N-dealkylation sites (tertiary alicyclic amines) is 1. The molecule has 2 heterocycles. The molecule has 1 aliphatic heterocycles. The Morgan fingerprint density at radius 3 is 2.83 bits per heavy atom. The van der Waals surface area contributed by atoms with Crippen LogP contribution >= 0.6 is 11.3 Å². The first-order valence-electron chi connectivity index (χ1n) is 9.34. The van der Waals surface area contributed by atoms with E-state index in [1.54, 1.807) is 0 Å². The molecule has 2 aliphatic rings. The smallest absolute Gasteiger partial charge is 0.191 e. The Bertz CT molecular complexity index is 548. The van der Waals surface area contributed by atoms with Crippen LogP contribution in [-0.4, -0.2) is 48.6 Å². The van der Waals surface area contributed by atoms with E-state index in [-0.39, 0.29) is 5.41 Å². The molecule has 0 radical (unpaired) electrons. The third kappa shape index (κ3) is 4.31. The maximum absolute atomic E-state index is 4.90. The van der Waals surface area contributed by atoms with Crippen molar-refractivity contribution >= 4 is 17.3 Å². The van der Waals surface area contributed by atoms with Crippen molar-refractivity contribution in [3.8, 4) is 0 Å². The van der Waals surface area contributed by atoms with Crippen molar-refractivity contribution in [1.82, 2.24) is 15.5 Å². The van der Waals surface area contributed by atoms with Crippen molar-refractivity contribution < 1.29 is 0 Å². The fourth-order valence-electron chi connectivity index (χ4n) is 3.61. The molecule has 1 saturated carbocycles. The van der Waals surface area contributed by atoms with Crippen molar-refractivity contribution in [3.63, 3.8) is 0 Å². The van der Waals surface area contributed by atoms with E-state index in [0.29, 0.717) is 12.1 Å². The Morgan fingerprint density at radius 2 is 2.21 bits per heavy atom. The van der Waals surface area contributed by atoms with Gasteiger partial charge in [0.15, 0.2) is 5.96 Å². The summed E-state index contributed by atoms with van der Waals surface area (Å²) >= 11 is 1.82. The van der Waals surface area contributed by atoms with Gasteiger partial charge in [-0.2, -0.15) is 0 Å². The van der Waals surface area contributed by atoms with Crippen molar-refractivity contribution in [2.45, 2.75) is 70.5 Å². The molecule has 2 atom stereocenters. The van der Waals surface area contributed by atoms with Crippen molar-refractivity contribution in [3.05, 3.63) is 22.4 Å². The quantitative estimate of drug-likeness (QED) is 0.612. The van der Waals surface area contributed by atoms with Crippen LogP contribution < -0.4 is 10.6 Å². The molecule has 0 spiro atoms. The third-order valence-electron chi connectivity index (χ3n) is 5.14. The lowest BCUT2D eigenvalue weighted by Gasteiger charge is -2.23. The topological polar surface area (TPSA) is 39.7 Å². The Labute approximate surface area is 150 Å². The summed E-state index contributed by atoms with van der Waals surface area (Å²) in [4.78, 5) is 8.97. The van der Waals surface area contributed by atoms with Gasteiger partial charge >= 0.3 is 0 Å². The summed E-state index contributed by atoms with van der Waals surface area (Å²) in [7, 11) is 0. The van der Waals surface area contributed by atoms with Gasteiger partial charge in [-0.15, -0.1) is 11.3 Å². The Kier molecular flexibility index (Phi) is 5.50. The molecular weight excluding hydrogens is 316 g/mol. The van der Waals surface area contributed by atoms with Crippen LogP contribution in [0, 0.1) is 0 Å². The first-order valence-corrected chi connectivity index (χ1v) is 10.2. The van der Waals surface area contributed by atoms with Crippen molar-refractivity contribution in [1.29, 1.82) is 0 Å². The van der Waals surface area contributed by atoms with Gasteiger partial charge in [0.05, 0.1) is 6.54 Å². The summed E-state index contributed by atoms with van der Waals surface area (Å²) in [6.07, 6.45) is 4.00. The minimum Gasteiger partial charge on any atom is -0.357 e. The lowest BCUT2D eigenvalue weighted by molar-refractivity contribution is 0.256. The molecule has 1 aliphatic carbocycles. The summed E-state index contributed by atoms with van der Waals surface area (Å²) < 4.78 is 0. The molecule has 0 aromatic carbocycles. The van der Waals surface area contributed by atoms with Crippen LogP contribution in [0.15, 0.2) is 22.5 Å². The van der Waals surface area contributed by atoms with Gasteiger partial charge in [0.25, 0.3) is 0 Å². The second-order valence-corrected chi connectivity index (χ2v) is 8.86. The fourth-order valence-corrected chi connectivity index (χ4v) is 4.45. The predicted molar refractivity (Wildman–Crippen MR) is 104 cm³/mol. The number of thiophene rings is 1. The molecule has 1 aromatic rings. The normalized spacial score (nSPS) is 25.9. The predicted octanol–water partition coefficient (Wildman–Crippen LogP) is 3.21. The summed E-state index contributed by atoms with van der Waals surface area (Å²) in [5.41, 5.74) is 0.0829. The van der Waals surface area contributed by atoms with E-state index >= 15 is 0 Å². The number of rotatable bonds is 6.